The molecule has 0 aliphatic heterocycles. The molecule has 0 spiro atoms. The molecular formula is C22H21ClN4OS. The van der Waals surface area contributed by atoms with Crippen molar-refractivity contribution in [3.8, 4) is 6.07 Å². The first kappa shape index (κ1) is 21.0. The molecule has 1 atom stereocenters. The standard InChI is InChI=1S/C22H21ClN4OS/c1-16-14-20(27(26-16)13-5-12-24)25-21(28)15-29-22(17-6-3-2-4-7-17)18-8-10-19(23)11-9-18/h2-4,6-11,14,22H,5,13,15H2,1H3,(H,25,28). The Balaban J connectivity index is 1.70. The molecule has 0 saturated heterocycles. The quantitative estimate of drug-likeness (QED) is 0.538. The second kappa shape index (κ2) is 10.1. The Morgan fingerprint density at radius 3 is 2.59 bits per heavy atom. The van der Waals surface area contributed by atoms with Crippen LogP contribution in [0.15, 0.2) is 60.7 Å². The Bertz CT molecular complexity index is 996. The van der Waals surface area contributed by atoms with Crippen molar-refractivity contribution in [3.05, 3.63) is 82.5 Å². The first-order chi connectivity index (χ1) is 14.1. The summed E-state index contributed by atoms with van der Waals surface area (Å²) in [5.74, 6) is 0.791. The van der Waals surface area contributed by atoms with E-state index in [4.69, 9.17) is 16.9 Å². The fourth-order valence-electron chi connectivity index (χ4n) is 2.96. The van der Waals surface area contributed by atoms with E-state index in [1.807, 2.05) is 55.5 Å². The van der Waals surface area contributed by atoms with E-state index in [0.29, 0.717) is 23.8 Å². The number of nitriles is 1. The third kappa shape index (κ3) is 5.86. The zero-order valence-electron chi connectivity index (χ0n) is 16.0. The summed E-state index contributed by atoms with van der Waals surface area (Å²) in [7, 11) is 0. The van der Waals surface area contributed by atoms with Crippen molar-refractivity contribution >= 4 is 35.1 Å². The molecule has 0 aliphatic carbocycles. The van der Waals surface area contributed by atoms with Crippen LogP contribution in [-0.4, -0.2) is 21.4 Å². The van der Waals surface area contributed by atoms with E-state index < -0.39 is 0 Å². The van der Waals surface area contributed by atoms with E-state index >= 15 is 0 Å². The van der Waals surface area contributed by atoms with Crippen molar-refractivity contribution in [3.63, 3.8) is 0 Å². The van der Waals surface area contributed by atoms with Crippen molar-refractivity contribution < 1.29 is 4.79 Å². The highest BCUT2D eigenvalue weighted by Gasteiger charge is 2.17. The highest BCUT2D eigenvalue weighted by molar-refractivity contribution is 8.00. The van der Waals surface area contributed by atoms with Crippen molar-refractivity contribution in [1.29, 1.82) is 5.26 Å². The summed E-state index contributed by atoms with van der Waals surface area (Å²) in [4.78, 5) is 12.6. The van der Waals surface area contributed by atoms with Crippen LogP contribution in [-0.2, 0) is 11.3 Å². The Morgan fingerprint density at radius 2 is 1.90 bits per heavy atom. The summed E-state index contributed by atoms with van der Waals surface area (Å²) in [6.45, 7) is 2.31. The average molecular weight is 425 g/mol. The molecule has 0 radical (unpaired) electrons. The largest absolute Gasteiger partial charge is 0.310 e. The number of benzene rings is 2. The van der Waals surface area contributed by atoms with Crippen LogP contribution in [0.1, 0.15) is 28.5 Å². The second-order valence-electron chi connectivity index (χ2n) is 6.50. The number of aromatic nitrogens is 2. The van der Waals surface area contributed by atoms with Gasteiger partial charge in [0.1, 0.15) is 5.82 Å². The Labute approximate surface area is 179 Å². The van der Waals surface area contributed by atoms with Crippen molar-refractivity contribution in [1.82, 2.24) is 9.78 Å². The van der Waals surface area contributed by atoms with E-state index in [-0.39, 0.29) is 16.9 Å². The third-order valence-corrected chi connectivity index (χ3v) is 5.82. The summed E-state index contributed by atoms with van der Waals surface area (Å²) in [5.41, 5.74) is 3.02. The first-order valence-electron chi connectivity index (χ1n) is 9.20. The number of nitrogens with one attached hydrogen (secondary N) is 1. The number of carbonyl (C=O) groups is 1. The van der Waals surface area contributed by atoms with Crippen LogP contribution in [0.4, 0.5) is 5.82 Å². The molecule has 148 valence electrons. The molecule has 5 nitrogen and oxygen atoms in total. The second-order valence-corrected chi connectivity index (χ2v) is 8.03. The van der Waals surface area contributed by atoms with Crippen molar-refractivity contribution in [2.24, 2.45) is 0 Å². The fraction of sp³-hybridized carbons (Fsp3) is 0.227. The number of rotatable bonds is 8. The van der Waals surface area contributed by atoms with Gasteiger partial charge in [-0.1, -0.05) is 54.1 Å². The van der Waals surface area contributed by atoms with E-state index in [1.54, 1.807) is 16.4 Å². The van der Waals surface area contributed by atoms with Gasteiger partial charge >= 0.3 is 0 Å². The minimum Gasteiger partial charge on any atom is -0.310 e. The summed E-state index contributed by atoms with van der Waals surface area (Å²) in [6.07, 6.45) is 0.339. The molecule has 1 heterocycles. The molecule has 3 aromatic rings. The number of aryl methyl sites for hydroxylation is 2. The number of hydrogen-bond acceptors (Lipinski definition) is 4. The predicted molar refractivity (Wildman–Crippen MR) is 118 cm³/mol. The third-order valence-electron chi connectivity index (χ3n) is 4.26. The minimum absolute atomic E-state index is 0.0180. The van der Waals surface area contributed by atoms with Gasteiger partial charge in [-0.15, -0.1) is 11.8 Å². The van der Waals surface area contributed by atoms with Gasteiger partial charge in [0, 0.05) is 11.1 Å². The number of nitrogens with zero attached hydrogens (tertiary/aromatic N) is 3. The lowest BCUT2D eigenvalue weighted by atomic mass is 10.0. The number of anilines is 1. The number of hydrogen-bond donors (Lipinski definition) is 1. The lowest BCUT2D eigenvalue weighted by Crippen LogP contribution is -2.18. The average Bonchev–Trinajstić information content (AvgIpc) is 3.07. The lowest BCUT2D eigenvalue weighted by Gasteiger charge is -2.18. The van der Waals surface area contributed by atoms with Gasteiger partial charge in [0.05, 0.1) is 35.7 Å². The Kier molecular flexibility index (Phi) is 7.34. The van der Waals surface area contributed by atoms with Crippen molar-refractivity contribution in [2.75, 3.05) is 11.1 Å². The molecule has 1 unspecified atom stereocenters. The maximum absolute atomic E-state index is 12.6. The topological polar surface area (TPSA) is 70.7 Å². The SMILES string of the molecule is Cc1cc(NC(=O)CSC(c2ccccc2)c2ccc(Cl)cc2)n(CCC#N)n1. The van der Waals surface area contributed by atoms with Gasteiger partial charge < -0.3 is 5.32 Å². The molecule has 0 saturated carbocycles. The lowest BCUT2D eigenvalue weighted by molar-refractivity contribution is -0.113. The number of carbonyl (C=O) groups excluding carboxylic acids is 1. The van der Waals surface area contributed by atoms with Gasteiger partial charge in [-0.25, -0.2) is 4.68 Å². The minimum atomic E-state index is -0.108. The Morgan fingerprint density at radius 1 is 1.21 bits per heavy atom. The van der Waals surface area contributed by atoms with Crippen LogP contribution in [0.25, 0.3) is 0 Å². The van der Waals surface area contributed by atoms with Gasteiger partial charge in [0.2, 0.25) is 5.91 Å². The zero-order chi connectivity index (χ0) is 20.6. The summed E-state index contributed by atoms with van der Waals surface area (Å²) >= 11 is 7.59. The van der Waals surface area contributed by atoms with Crippen LogP contribution in [0, 0.1) is 18.3 Å². The number of thioether (sulfide) groups is 1. The maximum Gasteiger partial charge on any atom is 0.235 e. The van der Waals surface area contributed by atoms with Crippen molar-refractivity contribution in [2.45, 2.75) is 25.1 Å². The van der Waals surface area contributed by atoms with Crippen LogP contribution >= 0.6 is 23.4 Å². The smallest absolute Gasteiger partial charge is 0.235 e. The van der Waals surface area contributed by atoms with Gasteiger partial charge in [-0.05, 0) is 30.2 Å². The zero-order valence-corrected chi connectivity index (χ0v) is 17.6. The van der Waals surface area contributed by atoms with Crippen LogP contribution in [0.3, 0.4) is 0 Å². The first-order valence-corrected chi connectivity index (χ1v) is 10.6. The maximum atomic E-state index is 12.6. The summed E-state index contributed by atoms with van der Waals surface area (Å²) < 4.78 is 1.66. The normalized spacial score (nSPS) is 11.6. The Hall–Kier alpha value is -2.75. The fourth-order valence-corrected chi connectivity index (χ4v) is 4.18. The van der Waals surface area contributed by atoms with E-state index in [9.17, 15) is 4.79 Å². The highest BCUT2D eigenvalue weighted by atomic mass is 35.5. The summed E-state index contributed by atoms with van der Waals surface area (Å²) in [5, 5.41) is 16.7. The van der Waals surface area contributed by atoms with Crippen LogP contribution in [0.2, 0.25) is 5.02 Å². The molecule has 29 heavy (non-hydrogen) atoms. The molecule has 1 amide bonds. The van der Waals surface area contributed by atoms with Crippen LogP contribution < -0.4 is 5.32 Å². The number of halogens is 1. The molecule has 0 bridgehead atoms. The molecule has 3 rings (SSSR count). The summed E-state index contributed by atoms with van der Waals surface area (Å²) in [6, 6.07) is 21.7. The van der Waals surface area contributed by atoms with Gasteiger partial charge in [-0.2, -0.15) is 10.4 Å². The monoisotopic (exact) mass is 424 g/mol. The van der Waals surface area contributed by atoms with E-state index in [0.717, 1.165) is 16.8 Å². The predicted octanol–water partition coefficient (Wildman–Crippen LogP) is 5.22. The van der Waals surface area contributed by atoms with E-state index in [1.165, 1.54) is 0 Å². The number of amides is 1. The highest BCUT2D eigenvalue weighted by Crippen LogP contribution is 2.36. The van der Waals surface area contributed by atoms with Crippen LogP contribution in [0.5, 0.6) is 0 Å². The molecular weight excluding hydrogens is 404 g/mol. The molecule has 0 fully saturated rings. The molecule has 1 N–H and O–H groups in total. The molecule has 0 aliphatic rings. The molecule has 2 aromatic carbocycles. The van der Waals surface area contributed by atoms with E-state index in [2.05, 4.69) is 28.6 Å². The van der Waals surface area contributed by atoms with Gasteiger partial charge in [-0.3, -0.25) is 4.79 Å². The van der Waals surface area contributed by atoms with Gasteiger partial charge in [0.15, 0.2) is 0 Å². The molecule has 1 aromatic heterocycles. The van der Waals surface area contributed by atoms with Gasteiger partial charge in [0.25, 0.3) is 0 Å². The molecule has 7 heteroatoms.